The van der Waals surface area contributed by atoms with Crippen LogP contribution < -0.4 is 0 Å². The van der Waals surface area contributed by atoms with Crippen molar-refractivity contribution in [1.29, 1.82) is 0 Å². The number of nitrogens with zero attached hydrogens (tertiary/aromatic N) is 2. The summed E-state index contributed by atoms with van der Waals surface area (Å²) in [4.78, 5) is 0. The maximum atomic E-state index is 9.89. The molecule has 0 aliphatic rings. The Labute approximate surface area is 85.8 Å². The molecule has 0 amide bonds. The fourth-order valence-corrected chi connectivity index (χ4v) is 1.59. The Kier molecular flexibility index (Phi) is 4.14. The topological polar surface area (TPSA) is 38.1 Å². The maximum absolute atomic E-state index is 9.89. The number of hydrogen-bond acceptors (Lipinski definition) is 2. The molecule has 0 aromatic carbocycles. The SMILES string of the molecule is CCCCCC(O)c1cnn(C)c1C. The minimum absolute atomic E-state index is 0.338. The normalized spacial score (nSPS) is 13.1. The largest absolute Gasteiger partial charge is 0.388 e. The Morgan fingerprint density at radius 1 is 1.50 bits per heavy atom. The lowest BCUT2D eigenvalue weighted by Crippen LogP contribution is -2.00. The van der Waals surface area contributed by atoms with E-state index in [9.17, 15) is 5.11 Å². The van der Waals surface area contributed by atoms with Crippen LogP contribution in [0.2, 0.25) is 0 Å². The van der Waals surface area contributed by atoms with E-state index in [0.717, 1.165) is 24.1 Å². The molecule has 0 spiro atoms. The van der Waals surface area contributed by atoms with E-state index >= 15 is 0 Å². The quantitative estimate of drug-likeness (QED) is 0.734. The summed E-state index contributed by atoms with van der Waals surface area (Å²) in [6, 6.07) is 0. The smallest absolute Gasteiger partial charge is 0.0823 e. The van der Waals surface area contributed by atoms with Crippen LogP contribution in [0.4, 0.5) is 0 Å². The van der Waals surface area contributed by atoms with E-state index in [4.69, 9.17) is 0 Å². The van der Waals surface area contributed by atoms with Crippen molar-refractivity contribution in [2.24, 2.45) is 7.05 Å². The van der Waals surface area contributed by atoms with Gasteiger partial charge < -0.3 is 5.11 Å². The average molecular weight is 196 g/mol. The zero-order valence-corrected chi connectivity index (χ0v) is 9.32. The maximum Gasteiger partial charge on any atom is 0.0823 e. The summed E-state index contributed by atoms with van der Waals surface area (Å²) in [5, 5.41) is 14.0. The van der Waals surface area contributed by atoms with Gasteiger partial charge in [-0.3, -0.25) is 4.68 Å². The van der Waals surface area contributed by atoms with Crippen molar-refractivity contribution in [3.05, 3.63) is 17.5 Å². The third-order valence-corrected chi connectivity index (χ3v) is 2.71. The number of rotatable bonds is 5. The molecule has 80 valence electrons. The van der Waals surface area contributed by atoms with Gasteiger partial charge in [-0.25, -0.2) is 0 Å². The molecular formula is C11H20N2O. The lowest BCUT2D eigenvalue weighted by atomic mass is 10.0. The first kappa shape index (κ1) is 11.2. The number of aromatic nitrogens is 2. The van der Waals surface area contributed by atoms with Crippen molar-refractivity contribution in [2.75, 3.05) is 0 Å². The van der Waals surface area contributed by atoms with Crippen LogP contribution in [0.3, 0.4) is 0 Å². The molecule has 0 aliphatic carbocycles. The molecule has 1 atom stereocenters. The first-order valence-corrected chi connectivity index (χ1v) is 5.33. The van der Waals surface area contributed by atoms with E-state index in [1.165, 1.54) is 12.8 Å². The fraction of sp³-hybridized carbons (Fsp3) is 0.727. The van der Waals surface area contributed by atoms with E-state index in [1.807, 2.05) is 14.0 Å². The Bertz CT molecular complexity index is 281. The van der Waals surface area contributed by atoms with Gasteiger partial charge in [0, 0.05) is 18.3 Å². The van der Waals surface area contributed by atoms with Crippen LogP contribution in [0.5, 0.6) is 0 Å². The molecule has 1 aromatic heterocycles. The van der Waals surface area contributed by atoms with Gasteiger partial charge in [-0.1, -0.05) is 26.2 Å². The average Bonchev–Trinajstić information content (AvgIpc) is 2.48. The van der Waals surface area contributed by atoms with Crippen LogP contribution >= 0.6 is 0 Å². The van der Waals surface area contributed by atoms with Gasteiger partial charge in [0.25, 0.3) is 0 Å². The highest BCUT2D eigenvalue weighted by Gasteiger charge is 2.12. The number of aliphatic hydroxyl groups is 1. The molecule has 0 saturated carbocycles. The number of aryl methyl sites for hydroxylation is 1. The molecule has 1 heterocycles. The Morgan fingerprint density at radius 3 is 2.71 bits per heavy atom. The lowest BCUT2D eigenvalue weighted by Gasteiger charge is -2.09. The van der Waals surface area contributed by atoms with Crippen molar-refractivity contribution < 1.29 is 5.11 Å². The number of aliphatic hydroxyl groups excluding tert-OH is 1. The van der Waals surface area contributed by atoms with Crippen LogP contribution in [0.1, 0.15) is 50.0 Å². The zero-order chi connectivity index (χ0) is 10.6. The second-order valence-electron chi connectivity index (χ2n) is 3.82. The van der Waals surface area contributed by atoms with Gasteiger partial charge in [0.1, 0.15) is 0 Å². The van der Waals surface area contributed by atoms with Gasteiger partial charge in [0.2, 0.25) is 0 Å². The number of hydrogen-bond donors (Lipinski definition) is 1. The molecule has 0 fully saturated rings. The van der Waals surface area contributed by atoms with Crippen LogP contribution in [0.15, 0.2) is 6.20 Å². The molecule has 0 bridgehead atoms. The van der Waals surface area contributed by atoms with E-state index in [0.29, 0.717) is 0 Å². The van der Waals surface area contributed by atoms with E-state index in [-0.39, 0.29) is 6.10 Å². The van der Waals surface area contributed by atoms with Gasteiger partial charge in [-0.05, 0) is 13.3 Å². The van der Waals surface area contributed by atoms with Crippen LogP contribution in [-0.4, -0.2) is 14.9 Å². The summed E-state index contributed by atoms with van der Waals surface area (Å²) in [7, 11) is 1.90. The van der Waals surface area contributed by atoms with Gasteiger partial charge in [0.15, 0.2) is 0 Å². The van der Waals surface area contributed by atoms with Gasteiger partial charge >= 0.3 is 0 Å². The standard InChI is InChI=1S/C11H20N2O/c1-4-5-6-7-11(14)10-8-12-13(3)9(10)2/h8,11,14H,4-7H2,1-3H3. The predicted molar refractivity (Wildman–Crippen MR) is 57.0 cm³/mol. The second-order valence-corrected chi connectivity index (χ2v) is 3.82. The Hall–Kier alpha value is -0.830. The molecule has 1 N–H and O–H groups in total. The van der Waals surface area contributed by atoms with E-state index < -0.39 is 0 Å². The summed E-state index contributed by atoms with van der Waals surface area (Å²) in [5.41, 5.74) is 2.04. The molecule has 3 heteroatoms. The lowest BCUT2D eigenvalue weighted by molar-refractivity contribution is 0.163. The van der Waals surface area contributed by atoms with Crippen molar-refractivity contribution in [1.82, 2.24) is 9.78 Å². The van der Waals surface area contributed by atoms with Gasteiger partial charge in [0.05, 0.1) is 12.3 Å². The molecule has 0 radical (unpaired) electrons. The highest BCUT2D eigenvalue weighted by Crippen LogP contribution is 2.21. The predicted octanol–water partition coefficient (Wildman–Crippen LogP) is 2.34. The molecule has 1 aromatic rings. The minimum atomic E-state index is -0.338. The third-order valence-electron chi connectivity index (χ3n) is 2.71. The summed E-state index contributed by atoms with van der Waals surface area (Å²) >= 11 is 0. The summed E-state index contributed by atoms with van der Waals surface area (Å²) < 4.78 is 1.80. The molecule has 0 saturated heterocycles. The van der Waals surface area contributed by atoms with Crippen LogP contribution in [-0.2, 0) is 7.05 Å². The van der Waals surface area contributed by atoms with Gasteiger partial charge in [-0.2, -0.15) is 5.10 Å². The molecule has 1 rings (SSSR count). The fourth-order valence-electron chi connectivity index (χ4n) is 1.59. The van der Waals surface area contributed by atoms with Crippen LogP contribution in [0, 0.1) is 6.92 Å². The Morgan fingerprint density at radius 2 is 2.21 bits per heavy atom. The van der Waals surface area contributed by atoms with Crippen molar-refractivity contribution in [3.8, 4) is 0 Å². The Balaban J connectivity index is 2.52. The highest BCUT2D eigenvalue weighted by molar-refractivity contribution is 5.18. The van der Waals surface area contributed by atoms with Crippen molar-refractivity contribution >= 4 is 0 Å². The summed E-state index contributed by atoms with van der Waals surface area (Å²) in [6.45, 7) is 4.16. The molecule has 14 heavy (non-hydrogen) atoms. The molecule has 0 aliphatic heterocycles. The summed E-state index contributed by atoms with van der Waals surface area (Å²) in [5.74, 6) is 0. The third kappa shape index (κ3) is 2.58. The van der Waals surface area contributed by atoms with E-state index in [2.05, 4.69) is 12.0 Å². The first-order chi connectivity index (χ1) is 6.66. The zero-order valence-electron chi connectivity index (χ0n) is 9.32. The minimum Gasteiger partial charge on any atom is -0.388 e. The summed E-state index contributed by atoms with van der Waals surface area (Å²) in [6.07, 6.45) is 5.75. The molecule has 1 unspecified atom stereocenters. The highest BCUT2D eigenvalue weighted by atomic mass is 16.3. The second kappa shape index (κ2) is 5.15. The molecule has 3 nitrogen and oxygen atoms in total. The number of unbranched alkanes of at least 4 members (excludes halogenated alkanes) is 2. The monoisotopic (exact) mass is 196 g/mol. The molecular weight excluding hydrogens is 176 g/mol. The van der Waals surface area contributed by atoms with E-state index in [1.54, 1.807) is 10.9 Å². The van der Waals surface area contributed by atoms with Crippen molar-refractivity contribution in [2.45, 2.75) is 45.6 Å². The van der Waals surface area contributed by atoms with Gasteiger partial charge in [-0.15, -0.1) is 0 Å². The first-order valence-electron chi connectivity index (χ1n) is 5.33. The van der Waals surface area contributed by atoms with Crippen LogP contribution in [0.25, 0.3) is 0 Å². The van der Waals surface area contributed by atoms with Crippen molar-refractivity contribution in [3.63, 3.8) is 0 Å².